The van der Waals surface area contributed by atoms with Crippen molar-refractivity contribution >= 4 is 21.6 Å². The minimum absolute atomic E-state index is 0.173. The van der Waals surface area contributed by atoms with Crippen LogP contribution in [0.25, 0.3) is 0 Å². The molecule has 1 aromatic carbocycles. The summed E-state index contributed by atoms with van der Waals surface area (Å²) in [6, 6.07) is 4.21. The summed E-state index contributed by atoms with van der Waals surface area (Å²) in [5.74, 6) is 0.758. The van der Waals surface area contributed by atoms with E-state index in [-0.39, 0.29) is 11.9 Å². The largest absolute Gasteiger partial charge is 0.486 e. The number of anilines is 1. The van der Waals surface area contributed by atoms with Gasteiger partial charge in [0.1, 0.15) is 19.3 Å². The third-order valence-electron chi connectivity index (χ3n) is 3.79. The van der Waals surface area contributed by atoms with E-state index in [1.807, 2.05) is 0 Å². The molecule has 1 amide bonds. The molecule has 3 rings (SSSR count). The van der Waals surface area contributed by atoms with Crippen molar-refractivity contribution in [3.8, 4) is 11.5 Å². The van der Waals surface area contributed by atoms with E-state index in [1.165, 1.54) is 0 Å². The average Bonchev–Trinajstić information content (AvgIpc) is 3.29. The van der Waals surface area contributed by atoms with Gasteiger partial charge in [0.05, 0.1) is 11.9 Å². The molecule has 1 aliphatic heterocycles. The van der Waals surface area contributed by atoms with Gasteiger partial charge in [0, 0.05) is 12.1 Å². The van der Waals surface area contributed by atoms with Crippen molar-refractivity contribution in [2.24, 2.45) is 0 Å². The first-order valence-corrected chi connectivity index (χ1v) is 9.40. The number of nitrogens with zero attached hydrogens (tertiary/aromatic N) is 1. The number of carbonyl (C=O) groups excluding carboxylic acids is 1. The normalized spacial score (nSPS) is 18.2. The highest BCUT2D eigenvalue weighted by atomic mass is 32.2. The van der Waals surface area contributed by atoms with Gasteiger partial charge in [0.25, 0.3) is 0 Å². The molecule has 7 nitrogen and oxygen atoms in total. The Labute approximate surface area is 135 Å². The molecule has 1 heterocycles. The molecule has 0 saturated heterocycles. The molecule has 1 saturated carbocycles. The van der Waals surface area contributed by atoms with Crippen molar-refractivity contribution < 1.29 is 22.7 Å². The lowest BCUT2D eigenvalue weighted by Gasteiger charge is -2.29. The zero-order valence-electron chi connectivity index (χ0n) is 13.1. The van der Waals surface area contributed by atoms with Crippen LogP contribution < -0.4 is 19.1 Å². The number of ether oxygens (including phenoxy) is 2. The molecular weight excluding hydrogens is 320 g/mol. The lowest BCUT2D eigenvalue weighted by molar-refractivity contribution is -0.121. The van der Waals surface area contributed by atoms with Gasteiger partial charge in [0.2, 0.25) is 15.9 Å². The van der Waals surface area contributed by atoms with Crippen LogP contribution in [0.2, 0.25) is 0 Å². The molecule has 2 aliphatic rings. The first kappa shape index (κ1) is 15.9. The molecule has 1 fully saturated rings. The molecule has 1 unspecified atom stereocenters. The zero-order chi connectivity index (χ0) is 16.6. The van der Waals surface area contributed by atoms with Crippen molar-refractivity contribution in [2.75, 3.05) is 23.8 Å². The molecule has 0 spiro atoms. The van der Waals surface area contributed by atoms with Gasteiger partial charge in [-0.05, 0) is 31.9 Å². The summed E-state index contributed by atoms with van der Waals surface area (Å²) >= 11 is 0. The third kappa shape index (κ3) is 3.52. The predicted octanol–water partition coefficient (Wildman–Crippen LogP) is 0.891. The number of fused-ring (bicyclic) bond motifs is 1. The van der Waals surface area contributed by atoms with Gasteiger partial charge in [-0.1, -0.05) is 0 Å². The molecule has 0 radical (unpaired) electrons. The van der Waals surface area contributed by atoms with Crippen LogP contribution in [0, 0.1) is 0 Å². The third-order valence-corrected chi connectivity index (χ3v) is 5.03. The van der Waals surface area contributed by atoms with E-state index in [2.05, 4.69) is 5.32 Å². The minimum Gasteiger partial charge on any atom is -0.486 e. The summed E-state index contributed by atoms with van der Waals surface area (Å²) in [7, 11) is -3.63. The van der Waals surface area contributed by atoms with E-state index in [9.17, 15) is 13.2 Å². The number of nitrogens with one attached hydrogen (secondary N) is 1. The number of sulfonamides is 1. The highest BCUT2D eigenvalue weighted by Gasteiger charge is 2.33. The second-order valence-electron chi connectivity index (χ2n) is 5.85. The van der Waals surface area contributed by atoms with E-state index in [1.54, 1.807) is 25.1 Å². The molecule has 126 valence electrons. The Bertz CT molecular complexity index is 715. The van der Waals surface area contributed by atoms with E-state index >= 15 is 0 Å². The quantitative estimate of drug-likeness (QED) is 0.860. The lowest BCUT2D eigenvalue weighted by Crippen LogP contribution is -2.48. The summed E-state index contributed by atoms with van der Waals surface area (Å²) < 4.78 is 36.5. The Morgan fingerprint density at radius 1 is 1.26 bits per heavy atom. The fourth-order valence-corrected chi connectivity index (χ4v) is 3.69. The van der Waals surface area contributed by atoms with Crippen LogP contribution in [0.15, 0.2) is 18.2 Å². The maximum Gasteiger partial charge on any atom is 0.243 e. The second-order valence-corrected chi connectivity index (χ2v) is 7.71. The van der Waals surface area contributed by atoms with Crippen LogP contribution in [0.3, 0.4) is 0 Å². The number of benzene rings is 1. The molecule has 1 atom stereocenters. The summed E-state index contributed by atoms with van der Waals surface area (Å²) in [5, 5.41) is 2.84. The van der Waals surface area contributed by atoms with Gasteiger partial charge in [-0.15, -0.1) is 0 Å². The maximum atomic E-state index is 12.3. The molecule has 0 bridgehead atoms. The van der Waals surface area contributed by atoms with Crippen molar-refractivity contribution in [3.05, 3.63) is 18.2 Å². The van der Waals surface area contributed by atoms with Crippen molar-refractivity contribution in [1.29, 1.82) is 0 Å². The Balaban J connectivity index is 1.91. The van der Waals surface area contributed by atoms with E-state index in [0.29, 0.717) is 30.4 Å². The number of carbonyl (C=O) groups is 1. The van der Waals surface area contributed by atoms with Crippen LogP contribution in [-0.4, -0.2) is 45.9 Å². The summed E-state index contributed by atoms with van der Waals surface area (Å²) in [6.07, 6.45) is 2.98. The van der Waals surface area contributed by atoms with Gasteiger partial charge >= 0.3 is 0 Å². The highest BCUT2D eigenvalue weighted by molar-refractivity contribution is 7.92. The Hall–Kier alpha value is -1.96. The Morgan fingerprint density at radius 3 is 2.52 bits per heavy atom. The second kappa shape index (κ2) is 5.92. The summed E-state index contributed by atoms with van der Waals surface area (Å²) in [4.78, 5) is 12.3. The number of rotatable bonds is 5. The van der Waals surface area contributed by atoms with Crippen molar-refractivity contribution in [3.63, 3.8) is 0 Å². The van der Waals surface area contributed by atoms with Crippen LogP contribution in [-0.2, 0) is 14.8 Å². The Morgan fingerprint density at radius 2 is 1.91 bits per heavy atom. The lowest BCUT2D eigenvalue weighted by atomic mass is 10.2. The smallest absolute Gasteiger partial charge is 0.243 e. The first-order valence-electron chi connectivity index (χ1n) is 7.55. The van der Waals surface area contributed by atoms with Gasteiger partial charge in [-0.25, -0.2) is 8.42 Å². The summed E-state index contributed by atoms with van der Waals surface area (Å²) in [5.41, 5.74) is 0.384. The molecule has 1 aliphatic carbocycles. The Kier molecular flexibility index (Phi) is 4.09. The van der Waals surface area contributed by atoms with Gasteiger partial charge in [-0.2, -0.15) is 0 Å². The first-order chi connectivity index (χ1) is 10.9. The number of hydrogen-bond donors (Lipinski definition) is 1. The van der Waals surface area contributed by atoms with E-state index in [4.69, 9.17) is 9.47 Å². The van der Waals surface area contributed by atoms with Gasteiger partial charge < -0.3 is 14.8 Å². The van der Waals surface area contributed by atoms with Crippen LogP contribution in [0.1, 0.15) is 19.8 Å². The highest BCUT2D eigenvalue weighted by Crippen LogP contribution is 2.35. The predicted molar refractivity (Wildman–Crippen MR) is 85.4 cm³/mol. The minimum atomic E-state index is -3.63. The maximum absolute atomic E-state index is 12.3. The topological polar surface area (TPSA) is 84.9 Å². The summed E-state index contributed by atoms with van der Waals surface area (Å²) in [6.45, 7) is 2.45. The van der Waals surface area contributed by atoms with E-state index < -0.39 is 16.1 Å². The van der Waals surface area contributed by atoms with Crippen molar-refractivity contribution in [2.45, 2.75) is 31.8 Å². The molecule has 1 N–H and O–H groups in total. The van der Waals surface area contributed by atoms with E-state index in [0.717, 1.165) is 23.4 Å². The number of amides is 1. The SMILES string of the molecule is CC(C(=O)NC1CC1)N(c1ccc2c(c1)OCCO2)S(C)(=O)=O. The monoisotopic (exact) mass is 340 g/mol. The molecular formula is C15H20N2O5S. The fourth-order valence-electron chi connectivity index (χ4n) is 2.53. The molecule has 23 heavy (non-hydrogen) atoms. The number of hydrogen-bond acceptors (Lipinski definition) is 5. The molecule has 0 aromatic heterocycles. The van der Waals surface area contributed by atoms with Gasteiger partial charge in [-0.3, -0.25) is 9.10 Å². The van der Waals surface area contributed by atoms with Crippen molar-refractivity contribution in [1.82, 2.24) is 5.32 Å². The molecule has 8 heteroatoms. The fraction of sp³-hybridized carbons (Fsp3) is 0.533. The van der Waals surface area contributed by atoms with Gasteiger partial charge in [0.15, 0.2) is 11.5 Å². The molecule has 1 aromatic rings. The van der Waals surface area contributed by atoms with Crippen LogP contribution >= 0.6 is 0 Å². The average molecular weight is 340 g/mol. The van der Waals surface area contributed by atoms with Crippen LogP contribution in [0.5, 0.6) is 11.5 Å². The standard InChI is InChI=1S/C15H20N2O5S/c1-10(15(18)16-11-3-4-11)17(23(2,19)20)12-5-6-13-14(9-12)22-8-7-21-13/h5-6,9-11H,3-4,7-8H2,1-2H3,(H,16,18). The zero-order valence-corrected chi connectivity index (χ0v) is 13.9. The van der Waals surface area contributed by atoms with Crippen LogP contribution in [0.4, 0.5) is 5.69 Å².